The van der Waals surface area contributed by atoms with Crippen molar-refractivity contribution in [2.75, 3.05) is 18.4 Å². The summed E-state index contributed by atoms with van der Waals surface area (Å²) in [5.74, 6) is -0.418. The number of amides is 1. The van der Waals surface area contributed by atoms with Crippen LogP contribution >= 0.6 is 0 Å². The molecule has 1 saturated heterocycles. The van der Waals surface area contributed by atoms with E-state index < -0.39 is 15.9 Å². The second kappa shape index (κ2) is 9.25. The van der Waals surface area contributed by atoms with Gasteiger partial charge in [0, 0.05) is 37.2 Å². The highest BCUT2D eigenvalue weighted by molar-refractivity contribution is 7.89. The number of rotatable bonds is 6. The van der Waals surface area contributed by atoms with Gasteiger partial charge in [-0.05, 0) is 44.2 Å². The molecule has 35 heavy (non-hydrogen) atoms. The molecule has 0 aliphatic carbocycles. The molecule has 11 heteroatoms. The fourth-order valence-electron chi connectivity index (χ4n) is 4.22. The van der Waals surface area contributed by atoms with Crippen LogP contribution in [0.25, 0.3) is 5.65 Å². The van der Waals surface area contributed by atoms with Crippen molar-refractivity contribution in [2.45, 2.75) is 37.5 Å². The molecular weight excluding hydrogens is 468 g/mol. The van der Waals surface area contributed by atoms with Crippen LogP contribution in [-0.4, -0.2) is 63.1 Å². The van der Waals surface area contributed by atoms with E-state index >= 15 is 0 Å². The molecule has 1 aliphatic rings. The van der Waals surface area contributed by atoms with Crippen molar-refractivity contribution >= 4 is 27.3 Å². The van der Waals surface area contributed by atoms with Crippen LogP contribution in [0.15, 0.2) is 72.1 Å². The lowest BCUT2D eigenvalue weighted by molar-refractivity contribution is -0.0440. The predicted molar refractivity (Wildman–Crippen MR) is 130 cm³/mol. The van der Waals surface area contributed by atoms with E-state index in [9.17, 15) is 13.2 Å². The molecule has 2 atom stereocenters. The third kappa shape index (κ3) is 4.97. The molecule has 1 aromatic carbocycles. The first-order valence-electron chi connectivity index (χ1n) is 11.3. The van der Waals surface area contributed by atoms with E-state index in [0.29, 0.717) is 12.2 Å². The summed E-state index contributed by atoms with van der Waals surface area (Å²) in [4.78, 5) is 17.5. The molecule has 182 valence electrons. The number of nitrogens with one attached hydrogen (secondary N) is 1. The summed E-state index contributed by atoms with van der Waals surface area (Å²) in [6.45, 7) is 4.68. The monoisotopic (exact) mass is 494 g/mol. The van der Waals surface area contributed by atoms with E-state index in [1.165, 1.54) is 16.4 Å². The molecule has 0 saturated carbocycles. The Morgan fingerprint density at radius 1 is 1.11 bits per heavy atom. The second-order valence-electron chi connectivity index (χ2n) is 8.69. The average Bonchev–Trinajstić information content (AvgIpc) is 3.44. The number of ether oxygens (including phenoxy) is 1. The highest BCUT2D eigenvalue weighted by atomic mass is 32.2. The summed E-state index contributed by atoms with van der Waals surface area (Å²) in [6, 6.07) is 11.8. The number of fused-ring (bicyclic) bond motifs is 1. The number of carbonyl (C=O) groups excluding carboxylic acids is 1. The van der Waals surface area contributed by atoms with Crippen molar-refractivity contribution in [2.24, 2.45) is 0 Å². The number of pyridine rings is 1. The number of hydrogen-bond donors (Lipinski definition) is 1. The first kappa shape index (κ1) is 23.2. The highest BCUT2D eigenvalue weighted by Gasteiger charge is 2.32. The molecule has 2 unspecified atom stereocenters. The minimum Gasteiger partial charge on any atom is -0.373 e. The zero-order chi connectivity index (χ0) is 24.6. The SMILES string of the molecule is CC1CN(S(=O)(=O)c2cccc(C(=O)Nc3cnn(Cc4cn5ccccc5n4)c3)c2)CC(C)O1. The minimum atomic E-state index is -3.75. The molecule has 1 amide bonds. The van der Waals surface area contributed by atoms with Crippen LogP contribution in [0.1, 0.15) is 29.9 Å². The first-order chi connectivity index (χ1) is 16.8. The van der Waals surface area contributed by atoms with Crippen molar-refractivity contribution in [1.82, 2.24) is 23.5 Å². The summed E-state index contributed by atoms with van der Waals surface area (Å²) < 4.78 is 37.0. The summed E-state index contributed by atoms with van der Waals surface area (Å²) in [7, 11) is -3.75. The van der Waals surface area contributed by atoms with E-state index in [1.807, 2.05) is 48.8 Å². The van der Waals surface area contributed by atoms with Gasteiger partial charge in [-0.25, -0.2) is 13.4 Å². The van der Waals surface area contributed by atoms with Crippen molar-refractivity contribution in [3.8, 4) is 0 Å². The van der Waals surface area contributed by atoms with Gasteiger partial charge in [0.1, 0.15) is 5.65 Å². The minimum absolute atomic E-state index is 0.0778. The topological polar surface area (TPSA) is 111 Å². The fraction of sp³-hybridized carbons (Fsp3) is 0.292. The van der Waals surface area contributed by atoms with Gasteiger partial charge in [-0.2, -0.15) is 9.40 Å². The van der Waals surface area contributed by atoms with Gasteiger partial charge >= 0.3 is 0 Å². The average molecular weight is 495 g/mol. The standard InChI is InChI=1S/C24H26N6O4S/c1-17-12-30(13-18(2)34-17)35(32,33)22-7-5-6-19(10-22)24(31)27-20-11-25-29(15-20)16-21-14-28-9-4-3-8-23(28)26-21/h3-11,14-15,17-18H,12-13,16H2,1-2H3,(H,27,31). The maximum absolute atomic E-state index is 13.2. The van der Waals surface area contributed by atoms with Crippen LogP contribution in [0.4, 0.5) is 5.69 Å². The quantitative estimate of drug-likeness (QED) is 0.441. The lowest BCUT2D eigenvalue weighted by Gasteiger charge is -2.34. The molecule has 4 aromatic rings. The third-order valence-corrected chi connectivity index (χ3v) is 7.58. The van der Waals surface area contributed by atoms with Gasteiger partial charge in [-0.1, -0.05) is 12.1 Å². The number of carbonyl (C=O) groups is 1. The molecule has 4 heterocycles. The van der Waals surface area contributed by atoms with Crippen molar-refractivity contribution < 1.29 is 17.9 Å². The molecule has 0 spiro atoms. The molecule has 0 radical (unpaired) electrons. The van der Waals surface area contributed by atoms with Crippen LogP contribution in [0.2, 0.25) is 0 Å². The Hall–Kier alpha value is -3.54. The maximum Gasteiger partial charge on any atom is 0.255 e. The van der Waals surface area contributed by atoms with Crippen LogP contribution in [0.5, 0.6) is 0 Å². The van der Waals surface area contributed by atoms with Crippen LogP contribution in [0, 0.1) is 0 Å². The molecular formula is C24H26N6O4S. The number of imidazole rings is 1. The molecule has 10 nitrogen and oxygen atoms in total. The van der Waals surface area contributed by atoms with Gasteiger partial charge in [0.15, 0.2) is 0 Å². The number of benzene rings is 1. The van der Waals surface area contributed by atoms with E-state index in [0.717, 1.165) is 11.3 Å². The fourth-order valence-corrected chi connectivity index (χ4v) is 5.86. The van der Waals surface area contributed by atoms with Gasteiger partial charge in [-0.3, -0.25) is 9.48 Å². The molecule has 1 N–H and O–H groups in total. The molecule has 0 bridgehead atoms. The maximum atomic E-state index is 13.2. The highest BCUT2D eigenvalue weighted by Crippen LogP contribution is 2.22. The number of morpholine rings is 1. The lowest BCUT2D eigenvalue weighted by Crippen LogP contribution is -2.48. The normalized spacial score (nSPS) is 19.1. The van der Waals surface area contributed by atoms with Gasteiger partial charge in [0.25, 0.3) is 5.91 Å². The summed E-state index contributed by atoms with van der Waals surface area (Å²) in [6.07, 6.45) is 6.71. The first-order valence-corrected chi connectivity index (χ1v) is 12.7. The Morgan fingerprint density at radius 2 is 1.91 bits per heavy atom. The van der Waals surface area contributed by atoms with E-state index in [2.05, 4.69) is 15.4 Å². The second-order valence-corrected chi connectivity index (χ2v) is 10.6. The van der Waals surface area contributed by atoms with Crippen LogP contribution in [0.3, 0.4) is 0 Å². The van der Waals surface area contributed by atoms with E-state index in [1.54, 1.807) is 29.2 Å². The Balaban J connectivity index is 1.28. The van der Waals surface area contributed by atoms with Gasteiger partial charge < -0.3 is 14.5 Å². The largest absolute Gasteiger partial charge is 0.373 e. The molecule has 1 aliphatic heterocycles. The summed E-state index contributed by atoms with van der Waals surface area (Å²) in [5, 5.41) is 7.09. The Bertz CT molecular complexity index is 1430. The van der Waals surface area contributed by atoms with Crippen molar-refractivity contribution in [3.05, 3.63) is 78.5 Å². The van der Waals surface area contributed by atoms with Gasteiger partial charge in [-0.15, -0.1) is 0 Å². The van der Waals surface area contributed by atoms with Gasteiger partial charge in [0.2, 0.25) is 10.0 Å². The zero-order valence-electron chi connectivity index (χ0n) is 19.4. The van der Waals surface area contributed by atoms with Crippen molar-refractivity contribution in [1.29, 1.82) is 0 Å². The van der Waals surface area contributed by atoms with E-state index in [-0.39, 0.29) is 35.8 Å². The third-order valence-electron chi connectivity index (χ3n) is 5.75. The molecule has 5 rings (SSSR count). The summed E-state index contributed by atoms with van der Waals surface area (Å²) >= 11 is 0. The Kier molecular flexibility index (Phi) is 6.13. The van der Waals surface area contributed by atoms with Crippen molar-refractivity contribution in [3.63, 3.8) is 0 Å². The summed E-state index contributed by atoms with van der Waals surface area (Å²) in [5.41, 5.74) is 2.43. The smallest absolute Gasteiger partial charge is 0.255 e. The van der Waals surface area contributed by atoms with E-state index in [4.69, 9.17) is 4.74 Å². The number of hydrogen-bond acceptors (Lipinski definition) is 6. The molecule has 3 aromatic heterocycles. The van der Waals surface area contributed by atoms with Gasteiger partial charge in [0.05, 0.1) is 41.2 Å². The zero-order valence-corrected chi connectivity index (χ0v) is 20.2. The predicted octanol–water partition coefficient (Wildman–Crippen LogP) is 2.63. The molecule has 1 fully saturated rings. The number of sulfonamides is 1. The number of aromatic nitrogens is 4. The number of anilines is 1. The Morgan fingerprint density at radius 3 is 2.69 bits per heavy atom. The Labute approximate surface area is 203 Å². The van der Waals surface area contributed by atoms with Crippen LogP contribution < -0.4 is 5.32 Å². The number of nitrogens with zero attached hydrogens (tertiary/aromatic N) is 5. The van der Waals surface area contributed by atoms with Crippen LogP contribution in [-0.2, 0) is 21.3 Å². The lowest BCUT2D eigenvalue weighted by atomic mass is 10.2.